The Morgan fingerprint density at radius 3 is 2.22 bits per heavy atom. The molecule has 0 saturated heterocycles. The largest absolute Gasteiger partial charge is 0.468 e. The molecule has 0 bridgehead atoms. The highest BCUT2D eigenvalue weighted by molar-refractivity contribution is 5.67. The molecule has 1 aromatic carbocycles. The van der Waals surface area contributed by atoms with Crippen LogP contribution in [0.25, 0.3) is 0 Å². The normalized spacial score (nSPS) is 14.1. The van der Waals surface area contributed by atoms with Crippen LogP contribution in [0.15, 0.2) is 40.8 Å². The van der Waals surface area contributed by atoms with Crippen LogP contribution in [0.5, 0.6) is 5.95 Å². The first-order chi connectivity index (χ1) is 10.7. The number of ether oxygens (including phenoxy) is 1. The molecule has 1 atom stereocenters. The first-order valence-electron chi connectivity index (χ1n) is 7.12. The zero-order valence-corrected chi connectivity index (χ0v) is 13.5. The van der Waals surface area contributed by atoms with Gasteiger partial charge in [-0.2, -0.15) is 0 Å². The highest BCUT2D eigenvalue weighted by Crippen LogP contribution is 2.46. The van der Waals surface area contributed by atoms with Crippen molar-refractivity contribution < 1.29 is 23.4 Å². The molecule has 124 valence electrons. The third kappa shape index (κ3) is 3.02. The van der Waals surface area contributed by atoms with Crippen LogP contribution >= 0.6 is 0 Å². The minimum Gasteiger partial charge on any atom is -0.468 e. The predicted octanol–water partition coefficient (Wildman–Crippen LogP) is 3.98. The monoisotopic (exact) mass is 321 g/mol. The fraction of sp³-hybridized carbons (Fsp3) is 0.353. The van der Waals surface area contributed by atoms with Crippen molar-refractivity contribution in [2.24, 2.45) is 5.41 Å². The van der Waals surface area contributed by atoms with E-state index in [0.29, 0.717) is 11.3 Å². The summed E-state index contributed by atoms with van der Waals surface area (Å²) >= 11 is 0. The Labute approximate surface area is 134 Å². The molecule has 1 heterocycles. The van der Waals surface area contributed by atoms with Crippen molar-refractivity contribution in [2.45, 2.75) is 26.3 Å². The van der Waals surface area contributed by atoms with Gasteiger partial charge in [-0.25, -0.2) is 9.18 Å². The summed E-state index contributed by atoms with van der Waals surface area (Å²) in [6, 6.07) is 8.95. The van der Waals surface area contributed by atoms with E-state index in [9.17, 15) is 14.3 Å². The van der Waals surface area contributed by atoms with E-state index in [-0.39, 0.29) is 5.95 Å². The lowest BCUT2D eigenvalue weighted by Gasteiger charge is -2.43. The van der Waals surface area contributed by atoms with Crippen molar-refractivity contribution in [3.63, 3.8) is 0 Å². The summed E-state index contributed by atoms with van der Waals surface area (Å²) in [7, 11) is 1.46. The summed E-state index contributed by atoms with van der Waals surface area (Å²) in [6.07, 6.45) is -1.21. The number of hydrogen-bond acceptors (Lipinski definition) is 3. The summed E-state index contributed by atoms with van der Waals surface area (Å²) in [5.74, 6) is 0.239. The number of rotatable bonds is 4. The van der Waals surface area contributed by atoms with E-state index in [1.807, 2.05) is 20.8 Å². The zero-order chi connectivity index (χ0) is 17.3. The average molecular weight is 321 g/mol. The fourth-order valence-corrected chi connectivity index (χ4v) is 2.76. The molecular weight excluding hydrogens is 301 g/mol. The van der Waals surface area contributed by atoms with Crippen LogP contribution in [0.3, 0.4) is 0 Å². The maximum Gasteiger partial charge on any atom is 0.405 e. The summed E-state index contributed by atoms with van der Waals surface area (Å²) < 4.78 is 24.0. The lowest BCUT2D eigenvalue weighted by atomic mass is 9.68. The van der Waals surface area contributed by atoms with Gasteiger partial charge < -0.3 is 19.6 Å². The smallest absolute Gasteiger partial charge is 0.405 e. The number of carboxylic acid groups (broad SMARTS) is 1. The van der Waals surface area contributed by atoms with Crippen molar-refractivity contribution in [1.29, 1.82) is 0 Å². The lowest BCUT2D eigenvalue weighted by molar-refractivity contribution is 0.122. The Kier molecular flexibility index (Phi) is 4.36. The SMILES string of the molecule is COc1ccc(C(NC(=O)O)(c2ccc(F)cc2)C(C)(C)C)o1. The Balaban J connectivity index is 2.73. The quantitative estimate of drug-likeness (QED) is 0.893. The molecule has 1 amide bonds. The van der Waals surface area contributed by atoms with Gasteiger partial charge in [0, 0.05) is 6.07 Å². The van der Waals surface area contributed by atoms with Crippen molar-refractivity contribution in [3.8, 4) is 5.95 Å². The molecule has 1 unspecified atom stereocenters. The standard InChI is InChI=1S/C17H20FNO4/c1-16(2,3)17(19-15(20)21,11-5-7-12(18)8-6-11)13-9-10-14(22-4)23-13/h5-10,19H,1-4H3,(H,20,21). The van der Waals surface area contributed by atoms with Crippen LogP contribution in [0.1, 0.15) is 32.1 Å². The number of amides is 1. The second kappa shape index (κ2) is 5.95. The number of methoxy groups -OCH3 is 1. The molecule has 2 rings (SSSR count). The first-order valence-corrected chi connectivity index (χ1v) is 7.12. The Morgan fingerprint density at radius 1 is 1.17 bits per heavy atom. The van der Waals surface area contributed by atoms with Gasteiger partial charge >= 0.3 is 6.09 Å². The Hall–Kier alpha value is -2.50. The van der Waals surface area contributed by atoms with E-state index in [1.165, 1.54) is 19.2 Å². The van der Waals surface area contributed by atoms with Crippen molar-refractivity contribution in [3.05, 3.63) is 53.5 Å². The molecule has 2 N–H and O–H groups in total. The van der Waals surface area contributed by atoms with Gasteiger partial charge in [0.2, 0.25) is 0 Å². The highest BCUT2D eigenvalue weighted by Gasteiger charge is 2.49. The van der Waals surface area contributed by atoms with E-state index in [1.54, 1.807) is 24.3 Å². The van der Waals surface area contributed by atoms with Crippen LogP contribution < -0.4 is 10.1 Å². The summed E-state index contributed by atoms with van der Waals surface area (Å²) in [6.45, 7) is 5.63. The third-order valence-electron chi connectivity index (χ3n) is 3.85. The first kappa shape index (κ1) is 16.9. The molecule has 0 fully saturated rings. The van der Waals surface area contributed by atoms with Gasteiger partial charge in [0.15, 0.2) is 0 Å². The van der Waals surface area contributed by atoms with E-state index >= 15 is 0 Å². The maximum atomic E-state index is 13.3. The van der Waals surface area contributed by atoms with Gasteiger partial charge in [0.1, 0.15) is 17.1 Å². The number of halogens is 1. The van der Waals surface area contributed by atoms with Crippen molar-refractivity contribution in [1.82, 2.24) is 5.32 Å². The molecule has 6 heteroatoms. The molecule has 2 aromatic rings. The van der Waals surface area contributed by atoms with Crippen LogP contribution in [0, 0.1) is 11.2 Å². The topological polar surface area (TPSA) is 71.7 Å². The van der Waals surface area contributed by atoms with Gasteiger partial charge in [0.05, 0.1) is 7.11 Å². The molecule has 0 aliphatic carbocycles. The molecule has 0 radical (unpaired) electrons. The Bertz CT molecular complexity index is 687. The average Bonchev–Trinajstić information content (AvgIpc) is 2.93. The van der Waals surface area contributed by atoms with Crippen LogP contribution in [-0.4, -0.2) is 18.3 Å². The Morgan fingerprint density at radius 2 is 1.78 bits per heavy atom. The second-order valence-corrected chi connectivity index (χ2v) is 6.26. The zero-order valence-electron chi connectivity index (χ0n) is 13.5. The van der Waals surface area contributed by atoms with E-state index in [2.05, 4.69) is 5.32 Å². The highest BCUT2D eigenvalue weighted by atomic mass is 19.1. The number of carbonyl (C=O) groups is 1. The van der Waals surface area contributed by atoms with Crippen LogP contribution in [0.4, 0.5) is 9.18 Å². The molecule has 1 aromatic heterocycles. The molecule has 0 spiro atoms. The maximum absolute atomic E-state index is 13.3. The van der Waals surface area contributed by atoms with Gasteiger partial charge in [-0.05, 0) is 29.2 Å². The summed E-state index contributed by atoms with van der Waals surface area (Å²) in [5.41, 5.74) is -1.24. The fourth-order valence-electron chi connectivity index (χ4n) is 2.76. The lowest BCUT2D eigenvalue weighted by Crippen LogP contribution is -2.54. The molecule has 5 nitrogen and oxygen atoms in total. The molecule has 23 heavy (non-hydrogen) atoms. The van der Waals surface area contributed by atoms with E-state index in [4.69, 9.17) is 9.15 Å². The number of hydrogen-bond donors (Lipinski definition) is 2. The van der Waals surface area contributed by atoms with Gasteiger partial charge in [0.25, 0.3) is 5.95 Å². The molecule has 0 aliphatic rings. The van der Waals surface area contributed by atoms with Gasteiger partial charge in [-0.3, -0.25) is 0 Å². The molecule has 0 saturated carbocycles. The van der Waals surface area contributed by atoms with Crippen LogP contribution in [-0.2, 0) is 5.54 Å². The van der Waals surface area contributed by atoms with Crippen molar-refractivity contribution >= 4 is 6.09 Å². The van der Waals surface area contributed by atoms with Crippen LogP contribution in [0.2, 0.25) is 0 Å². The predicted molar refractivity (Wildman–Crippen MR) is 83.1 cm³/mol. The van der Waals surface area contributed by atoms with Gasteiger partial charge in [-0.1, -0.05) is 32.9 Å². The number of benzene rings is 1. The van der Waals surface area contributed by atoms with Crippen molar-refractivity contribution in [2.75, 3.05) is 7.11 Å². The minimum absolute atomic E-state index is 0.267. The minimum atomic E-state index is -1.21. The molecule has 0 aliphatic heterocycles. The van der Waals surface area contributed by atoms with Gasteiger partial charge in [-0.15, -0.1) is 0 Å². The molecular formula is C17H20FNO4. The summed E-state index contributed by atoms with van der Waals surface area (Å²) in [4.78, 5) is 11.5. The number of nitrogens with one attached hydrogen (secondary N) is 1. The summed E-state index contributed by atoms with van der Waals surface area (Å²) in [5, 5.41) is 12.0. The second-order valence-electron chi connectivity index (χ2n) is 6.26. The van der Waals surface area contributed by atoms with E-state index in [0.717, 1.165) is 0 Å². The third-order valence-corrected chi connectivity index (χ3v) is 3.85. The number of furan rings is 1. The van der Waals surface area contributed by atoms with E-state index < -0.39 is 22.9 Å².